The lowest BCUT2D eigenvalue weighted by molar-refractivity contribution is -0.121. The molecule has 1 aromatic carbocycles. The number of hydrogen-bond donors (Lipinski definition) is 1. The minimum atomic E-state index is -0.174. The van der Waals surface area contributed by atoms with E-state index < -0.39 is 0 Å². The smallest absolute Gasteiger partial charge is 0.250 e. The number of nitrogens with zero attached hydrogens (tertiary/aromatic N) is 1. The summed E-state index contributed by atoms with van der Waals surface area (Å²) in [7, 11) is 0. The first-order chi connectivity index (χ1) is 8.11. The van der Waals surface area contributed by atoms with E-state index in [2.05, 4.69) is 11.4 Å². The Kier molecular flexibility index (Phi) is 5.18. The van der Waals surface area contributed by atoms with Crippen LogP contribution in [0.1, 0.15) is 19.4 Å². The highest BCUT2D eigenvalue weighted by Gasteiger charge is 2.03. The average Bonchev–Trinajstić information content (AvgIpc) is 2.29. The van der Waals surface area contributed by atoms with E-state index in [0.717, 1.165) is 5.56 Å². The van der Waals surface area contributed by atoms with E-state index in [4.69, 9.17) is 10.00 Å². The molecule has 0 aromatic heterocycles. The molecule has 0 unspecified atom stereocenters. The summed E-state index contributed by atoms with van der Waals surface area (Å²) in [6.07, 6.45) is 0.420. The third-order valence-corrected chi connectivity index (χ3v) is 2.07. The van der Waals surface area contributed by atoms with E-state index in [1.807, 2.05) is 26.0 Å². The lowest BCUT2D eigenvalue weighted by atomic mass is 10.1. The zero-order valence-corrected chi connectivity index (χ0v) is 10.1. The van der Waals surface area contributed by atoms with E-state index in [1.54, 1.807) is 12.1 Å². The fraction of sp³-hybridized carbons (Fsp3) is 0.385. The van der Waals surface area contributed by atoms with Gasteiger partial charge in [-0.05, 0) is 31.5 Å². The Labute approximate surface area is 101 Å². The van der Waals surface area contributed by atoms with Gasteiger partial charge in [-0.15, -0.1) is 0 Å². The molecule has 0 aliphatic carbocycles. The summed E-state index contributed by atoms with van der Waals surface area (Å²) in [5.41, 5.74) is 1.65. The van der Waals surface area contributed by atoms with Crippen molar-refractivity contribution in [3.05, 3.63) is 29.8 Å². The Bertz CT molecular complexity index is 404. The lowest BCUT2D eigenvalue weighted by Gasteiger charge is -2.08. The first-order valence-corrected chi connectivity index (χ1v) is 5.49. The molecule has 0 saturated heterocycles. The third-order valence-electron chi connectivity index (χ3n) is 2.07. The molecule has 0 bridgehead atoms. The summed E-state index contributed by atoms with van der Waals surface area (Å²) < 4.78 is 5.18. The predicted molar refractivity (Wildman–Crippen MR) is 65.5 cm³/mol. The van der Waals surface area contributed by atoms with Gasteiger partial charge in [0, 0.05) is 5.69 Å². The van der Waals surface area contributed by atoms with Crippen molar-refractivity contribution in [3.8, 4) is 6.07 Å². The lowest BCUT2D eigenvalue weighted by Crippen LogP contribution is -2.20. The third kappa shape index (κ3) is 5.14. The van der Waals surface area contributed by atoms with Gasteiger partial charge in [-0.2, -0.15) is 5.26 Å². The highest BCUT2D eigenvalue weighted by atomic mass is 16.5. The van der Waals surface area contributed by atoms with Gasteiger partial charge < -0.3 is 10.1 Å². The molecular formula is C13H16N2O2. The van der Waals surface area contributed by atoms with Crippen LogP contribution in [0.25, 0.3) is 0 Å². The Hall–Kier alpha value is -1.86. The van der Waals surface area contributed by atoms with Gasteiger partial charge in [-0.25, -0.2) is 0 Å². The number of nitriles is 1. The molecular weight excluding hydrogens is 216 g/mol. The molecule has 0 radical (unpaired) electrons. The van der Waals surface area contributed by atoms with Crippen LogP contribution in [0.3, 0.4) is 0 Å². The van der Waals surface area contributed by atoms with Crippen LogP contribution in [0.5, 0.6) is 0 Å². The van der Waals surface area contributed by atoms with E-state index in [9.17, 15) is 4.79 Å². The molecule has 1 rings (SSSR count). The maximum Gasteiger partial charge on any atom is 0.250 e. The summed E-state index contributed by atoms with van der Waals surface area (Å²) in [5, 5.41) is 11.2. The second kappa shape index (κ2) is 6.66. The quantitative estimate of drug-likeness (QED) is 0.845. The number of benzene rings is 1. The number of hydrogen-bond acceptors (Lipinski definition) is 3. The molecule has 1 N–H and O–H groups in total. The largest absolute Gasteiger partial charge is 0.369 e. The van der Waals surface area contributed by atoms with Crippen LogP contribution >= 0.6 is 0 Å². The number of carbonyl (C=O) groups is 1. The molecule has 0 fully saturated rings. The number of rotatable bonds is 5. The molecule has 4 heteroatoms. The van der Waals surface area contributed by atoms with Gasteiger partial charge in [0.2, 0.25) is 5.91 Å². The number of ether oxygens (including phenoxy) is 1. The van der Waals surface area contributed by atoms with Crippen LogP contribution in [0.15, 0.2) is 24.3 Å². The molecule has 4 nitrogen and oxygen atoms in total. The summed E-state index contributed by atoms with van der Waals surface area (Å²) in [6.45, 7) is 3.81. The second-order valence-electron chi connectivity index (χ2n) is 3.94. The second-order valence-corrected chi connectivity index (χ2v) is 3.94. The van der Waals surface area contributed by atoms with E-state index in [1.165, 1.54) is 0 Å². The van der Waals surface area contributed by atoms with Gasteiger partial charge in [0.15, 0.2) is 0 Å². The van der Waals surface area contributed by atoms with Gasteiger partial charge in [0.25, 0.3) is 0 Å². The standard InChI is InChI=1S/C13H16N2O2/c1-10(2)17-9-13(16)15-12-5-3-11(4-6-12)7-8-14/h3-6,10H,7,9H2,1-2H3,(H,15,16). The van der Waals surface area contributed by atoms with Crippen LogP contribution < -0.4 is 5.32 Å². The Balaban J connectivity index is 2.46. The SMILES string of the molecule is CC(C)OCC(=O)Nc1ccc(CC#N)cc1. The molecule has 1 amide bonds. The number of amides is 1. The van der Waals surface area contributed by atoms with Gasteiger partial charge in [-0.1, -0.05) is 12.1 Å². The summed E-state index contributed by atoms with van der Waals surface area (Å²) >= 11 is 0. The van der Waals surface area contributed by atoms with E-state index in [-0.39, 0.29) is 18.6 Å². The van der Waals surface area contributed by atoms with Crippen molar-refractivity contribution in [1.29, 1.82) is 5.26 Å². The molecule has 0 aliphatic rings. The molecule has 17 heavy (non-hydrogen) atoms. The van der Waals surface area contributed by atoms with Crippen LogP contribution in [0.4, 0.5) is 5.69 Å². The molecule has 1 aromatic rings. The summed E-state index contributed by atoms with van der Waals surface area (Å²) in [4.78, 5) is 11.4. The maximum atomic E-state index is 11.4. The fourth-order valence-electron chi connectivity index (χ4n) is 1.24. The average molecular weight is 232 g/mol. The highest BCUT2D eigenvalue weighted by molar-refractivity contribution is 5.91. The minimum Gasteiger partial charge on any atom is -0.369 e. The van der Waals surface area contributed by atoms with Crippen LogP contribution in [-0.2, 0) is 16.0 Å². The Morgan fingerprint density at radius 1 is 1.41 bits per heavy atom. The van der Waals surface area contributed by atoms with Crippen LogP contribution in [0, 0.1) is 11.3 Å². The Morgan fingerprint density at radius 3 is 2.59 bits per heavy atom. The van der Waals surface area contributed by atoms with Crippen molar-refractivity contribution in [3.63, 3.8) is 0 Å². The molecule has 0 heterocycles. The molecule has 0 spiro atoms. The van der Waals surface area contributed by atoms with Crippen LogP contribution in [0.2, 0.25) is 0 Å². The van der Waals surface area contributed by atoms with Crippen molar-refractivity contribution in [1.82, 2.24) is 0 Å². The zero-order valence-electron chi connectivity index (χ0n) is 10.1. The first kappa shape index (κ1) is 13.2. The first-order valence-electron chi connectivity index (χ1n) is 5.49. The van der Waals surface area contributed by atoms with Crippen molar-refractivity contribution < 1.29 is 9.53 Å². The maximum absolute atomic E-state index is 11.4. The summed E-state index contributed by atoms with van der Waals surface area (Å²) in [5.74, 6) is -0.174. The van der Waals surface area contributed by atoms with Crippen molar-refractivity contribution >= 4 is 11.6 Å². The number of carbonyl (C=O) groups excluding carboxylic acids is 1. The molecule has 0 atom stereocenters. The number of anilines is 1. The van der Waals surface area contributed by atoms with Crippen molar-refractivity contribution in [2.24, 2.45) is 0 Å². The fourth-order valence-corrected chi connectivity index (χ4v) is 1.24. The predicted octanol–water partition coefficient (Wildman–Crippen LogP) is 2.12. The monoisotopic (exact) mass is 232 g/mol. The Morgan fingerprint density at radius 2 is 2.06 bits per heavy atom. The van der Waals surface area contributed by atoms with Gasteiger partial charge >= 0.3 is 0 Å². The van der Waals surface area contributed by atoms with Gasteiger partial charge in [0.05, 0.1) is 18.6 Å². The van der Waals surface area contributed by atoms with E-state index in [0.29, 0.717) is 12.1 Å². The molecule has 90 valence electrons. The highest BCUT2D eigenvalue weighted by Crippen LogP contribution is 2.09. The van der Waals surface area contributed by atoms with Crippen molar-refractivity contribution in [2.45, 2.75) is 26.4 Å². The minimum absolute atomic E-state index is 0.0405. The normalized spacial score (nSPS) is 10.0. The molecule has 0 saturated carbocycles. The zero-order chi connectivity index (χ0) is 12.7. The van der Waals surface area contributed by atoms with E-state index >= 15 is 0 Å². The van der Waals surface area contributed by atoms with Crippen molar-refractivity contribution in [2.75, 3.05) is 11.9 Å². The van der Waals surface area contributed by atoms with Gasteiger partial charge in [-0.3, -0.25) is 4.79 Å². The van der Waals surface area contributed by atoms with Crippen LogP contribution in [-0.4, -0.2) is 18.6 Å². The summed E-state index contributed by atoms with van der Waals surface area (Å²) in [6, 6.07) is 9.27. The van der Waals surface area contributed by atoms with Gasteiger partial charge in [0.1, 0.15) is 6.61 Å². The number of nitrogens with one attached hydrogen (secondary N) is 1. The molecule has 0 aliphatic heterocycles. The topological polar surface area (TPSA) is 62.1 Å².